The van der Waals surface area contributed by atoms with Gasteiger partial charge in [0, 0.05) is 32.8 Å². The molecule has 0 spiro atoms. The van der Waals surface area contributed by atoms with Gasteiger partial charge in [0.1, 0.15) is 12.1 Å². The Morgan fingerprint density at radius 2 is 1.96 bits per heavy atom. The lowest BCUT2D eigenvalue weighted by Gasteiger charge is -2.40. The van der Waals surface area contributed by atoms with Gasteiger partial charge in [0.2, 0.25) is 5.91 Å². The zero-order chi connectivity index (χ0) is 18.6. The van der Waals surface area contributed by atoms with E-state index in [-0.39, 0.29) is 12.5 Å². The highest BCUT2D eigenvalue weighted by Gasteiger charge is 2.34. The Hall–Kier alpha value is -2.08. The Morgan fingerprint density at radius 3 is 2.74 bits per heavy atom. The number of carbonyl (C=O) groups excluding carboxylic acids is 1. The highest BCUT2D eigenvalue weighted by atomic mass is 16.5. The van der Waals surface area contributed by atoms with Crippen LogP contribution in [0.4, 0.5) is 6.01 Å². The number of benzene rings is 1. The van der Waals surface area contributed by atoms with Crippen molar-refractivity contribution in [3.63, 3.8) is 0 Å². The van der Waals surface area contributed by atoms with E-state index in [9.17, 15) is 4.79 Å². The van der Waals surface area contributed by atoms with Crippen LogP contribution in [0.3, 0.4) is 0 Å². The fraction of sp³-hybridized carbons (Fsp3) is 0.619. The van der Waals surface area contributed by atoms with Gasteiger partial charge in [0.15, 0.2) is 5.58 Å². The van der Waals surface area contributed by atoms with Crippen molar-refractivity contribution in [2.24, 2.45) is 5.92 Å². The summed E-state index contributed by atoms with van der Waals surface area (Å²) in [5, 5.41) is 0. The standard InChI is InChI=1S/C21H29N3O3/c1-26-15-20(25)24-12-6-2-3-8-18(24)16-10-13-23(14-11-16)21-22-17-7-4-5-9-19(17)27-21/h4-5,7,9,16,18H,2-3,6,8,10-15H2,1H3. The van der Waals surface area contributed by atoms with E-state index >= 15 is 0 Å². The minimum atomic E-state index is 0.144. The minimum absolute atomic E-state index is 0.144. The van der Waals surface area contributed by atoms with Crippen LogP contribution in [0, 0.1) is 5.92 Å². The lowest BCUT2D eigenvalue weighted by molar-refractivity contribution is -0.138. The SMILES string of the molecule is COCC(=O)N1CCCCCC1C1CCN(c2nc3ccccc3o2)CC1. The van der Waals surface area contributed by atoms with Crippen molar-refractivity contribution in [2.45, 2.75) is 44.6 Å². The third kappa shape index (κ3) is 3.95. The van der Waals surface area contributed by atoms with Gasteiger partial charge in [0.25, 0.3) is 6.01 Å². The number of hydrogen-bond donors (Lipinski definition) is 0. The molecule has 6 heteroatoms. The summed E-state index contributed by atoms with van der Waals surface area (Å²) >= 11 is 0. The van der Waals surface area contributed by atoms with E-state index in [1.807, 2.05) is 24.3 Å². The van der Waals surface area contributed by atoms with Crippen molar-refractivity contribution < 1.29 is 13.9 Å². The number of methoxy groups -OCH3 is 1. The molecule has 0 bridgehead atoms. The van der Waals surface area contributed by atoms with Crippen molar-refractivity contribution in [3.8, 4) is 0 Å². The summed E-state index contributed by atoms with van der Waals surface area (Å²) in [7, 11) is 1.60. The number of oxazole rings is 1. The van der Waals surface area contributed by atoms with E-state index in [1.165, 1.54) is 12.8 Å². The van der Waals surface area contributed by atoms with Gasteiger partial charge in [-0.3, -0.25) is 4.79 Å². The summed E-state index contributed by atoms with van der Waals surface area (Å²) < 4.78 is 11.1. The quantitative estimate of drug-likeness (QED) is 0.824. The van der Waals surface area contributed by atoms with Crippen LogP contribution in [0.5, 0.6) is 0 Å². The number of piperidine rings is 1. The van der Waals surface area contributed by atoms with Crippen LogP contribution in [0.2, 0.25) is 0 Å². The van der Waals surface area contributed by atoms with Crippen LogP contribution in [0.1, 0.15) is 38.5 Å². The Labute approximate surface area is 160 Å². The normalized spacial score (nSPS) is 22.2. The largest absolute Gasteiger partial charge is 0.423 e. The Kier molecular flexibility index (Phi) is 5.62. The summed E-state index contributed by atoms with van der Waals surface area (Å²) in [6, 6.07) is 8.98. The Bertz CT molecular complexity index is 734. The smallest absolute Gasteiger partial charge is 0.298 e. The van der Waals surface area contributed by atoms with Gasteiger partial charge in [0.05, 0.1) is 0 Å². The second-order valence-corrected chi connectivity index (χ2v) is 7.73. The van der Waals surface area contributed by atoms with Gasteiger partial charge >= 0.3 is 0 Å². The second-order valence-electron chi connectivity index (χ2n) is 7.73. The predicted molar refractivity (Wildman–Crippen MR) is 105 cm³/mol. The van der Waals surface area contributed by atoms with Gasteiger partial charge in [-0.2, -0.15) is 4.98 Å². The van der Waals surface area contributed by atoms with Crippen molar-refractivity contribution in [2.75, 3.05) is 38.3 Å². The molecule has 2 saturated heterocycles. The molecule has 1 aromatic heterocycles. The van der Waals surface area contributed by atoms with Gasteiger partial charge in [-0.25, -0.2) is 0 Å². The first kappa shape index (κ1) is 18.3. The van der Waals surface area contributed by atoms with E-state index in [0.717, 1.165) is 62.4 Å². The molecule has 2 aliphatic rings. The topological polar surface area (TPSA) is 58.8 Å². The van der Waals surface area contributed by atoms with Crippen LogP contribution in [-0.4, -0.2) is 55.2 Å². The first-order valence-electron chi connectivity index (χ1n) is 10.1. The van der Waals surface area contributed by atoms with Crippen LogP contribution in [0.15, 0.2) is 28.7 Å². The molecule has 0 radical (unpaired) electrons. The molecule has 1 aromatic carbocycles. The van der Waals surface area contributed by atoms with E-state index in [1.54, 1.807) is 7.11 Å². The molecule has 2 aliphatic heterocycles. The molecule has 27 heavy (non-hydrogen) atoms. The van der Waals surface area contributed by atoms with Crippen molar-refractivity contribution in [1.82, 2.24) is 9.88 Å². The van der Waals surface area contributed by atoms with Crippen LogP contribution < -0.4 is 4.90 Å². The lowest BCUT2D eigenvalue weighted by Crippen LogP contribution is -2.48. The monoisotopic (exact) mass is 371 g/mol. The molecule has 2 fully saturated rings. The molecular weight excluding hydrogens is 342 g/mol. The molecule has 146 valence electrons. The first-order chi connectivity index (χ1) is 13.3. The number of likely N-dealkylation sites (tertiary alicyclic amines) is 1. The number of ether oxygens (including phenoxy) is 1. The zero-order valence-corrected chi connectivity index (χ0v) is 16.1. The third-order valence-corrected chi connectivity index (χ3v) is 6.02. The maximum atomic E-state index is 12.6. The van der Waals surface area contributed by atoms with Crippen molar-refractivity contribution in [3.05, 3.63) is 24.3 Å². The Balaban J connectivity index is 1.42. The number of fused-ring (bicyclic) bond motifs is 1. The van der Waals surface area contributed by atoms with Gasteiger partial charge in [-0.1, -0.05) is 25.0 Å². The van der Waals surface area contributed by atoms with Crippen LogP contribution in [0.25, 0.3) is 11.1 Å². The van der Waals surface area contributed by atoms with Gasteiger partial charge < -0.3 is 19.0 Å². The molecule has 0 saturated carbocycles. The average Bonchev–Trinajstić information content (AvgIpc) is 2.98. The first-order valence-corrected chi connectivity index (χ1v) is 10.1. The summed E-state index contributed by atoms with van der Waals surface area (Å²) in [6.07, 6.45) is 6.79. The fourth-order valence-corrected chi connectivity index (χ4v) is 4.61. The molecule has 0 N–H and O–H groups in total. The van der Waals surface area contributed by atoms with Crippen LogP contribution >= 0.6 is 0 Å². The number of hydrogen-bond acceptors (Lipinski definition) is 5. The molecule has 6 nitrogen and oxygen atoms in total. The molecule has 0 aliphatic carbocycles. The number of amides is 1. The summed E-state index contributed by atoms with van der Waals surface area (Å²) in [5.74, 6) is 0.690. The number of carbonyl (C=O) groups is 1. The molecule has 3 heterocycles. The minimum Gasteiger partial charge on any atom is -0.423 e. The summed E-state index contributed by atoms with van der Waals surface area (Å²) in [6.45, 7) is 2.93. The third-order valence-electron chi connectivity index (χ3n) is 6.02. The number of rotatable bonds is 4. The average molecular weight is 371 g/mol. The van der Waals surface area contributed by atoms with E-state index in [2.05, 4.69) is 14.8 Å². The number of para-hydroxylation sites is 2. The predicted octanol–water partition coefficient (Wildman–Crippen LogP) is 3.46. The molecule has 2 aromatic rings. The van der Waals surface area contributed by atoms with E-state index in [0.29, 0.717) is 12.0 Å². The molecule has 1 atom stereocenters. The van der Waals surface area contributed by atoms with E-state index in [4.69, 9.17) is 9.15 Å². The lowest BCUT2D eigenvalue weighted by atomic mass is 9.86. The molecular formula is C21H29N3O3. The number of aromatic nitrogens is 1. The van der Waals surface area contributed by atoms with Gasteiger partial charge in [-0.05, 0) is 43.7 Å². The molecule has 1 unspecified atom stereocenters. The van der Waals surface area contributed by atoms with E-state index < -0.39 is 0 Å². The summed E-state index contributed by atoms with van der Waals surface area (Å²) in [4.78, 5) is 21.5. The fourth-order valence-electron chi connectivity index (χ4n) is 4.61. The van der Waals surface area contributed by atoms with Gasteiger partial charge in [-0.15, -0.1) is 0 Å². The zero-order valence-electron chi connectivity index (χ0n) is 16.1. The van der Waals surface area contributed by atoms with Crippen molar-refractivity contribution in [1.29, 1.82) is 0 Å². The van der Waals surface area contributed by atoms with Crippen LogP contribution in [-0.2, 0) is 9.53 Å². The molecule has 4 rings (SSSR count). The second kappa shape index (κ2) is 8.30. The number of anilines is 1. The number of nitrogens with zero attached hydrogens (tertiary/aromatic N) is 3. The summed E-state index contributed by atoms with van der Waals surface area (Å²) in [5.41, 5.74) is 1.75. The highest BCUT2D eigenvalue weighted by Crippen LogP contribution is 2.32. The maximum absolute atomic E-state index is 12.6. The highest BCUT2D eigenvalue weighted by molar-refractivity contribution is 5.78. The Morgan fingerprint density at radius 1 is 1.15 bits per heavy atom. The molecule has 1 amide bonds. The van der Waals surface area contributed by atoms with Crippen molar-refractivity contribution >= 4 is 23.0 Å². The maximum Gasteiger partial charge on any atom is 0.298 e.